The van der Waals surface area contributed by atoms with Crippen LogP contribution < -0.4 is 5.43 Å². The molecule has 0 atom stereocenters. The number of amides is 1. The van der Waals surface area contributed by atoms with Gasteiger partial charge in [-0.1, -0.05) is 12.1 Å². The number of aromatic nitrogens is 1. The van der Waals surface area contributed by atoms with Gasteiger partial charge in [0.25, 0.3) is 5.91 Å². The maximum absolute atomic E-state index is 12.8. The minimum Gasteiger partial charge on any atom is -0.508 e. The lowest BCUT2D eigenvalue weighted by Gasteiger charge is -2.23. The number of carbonyl (C=O) groups excluding carboxylic acids is 1. The molecule has 0 unspecified atom stereocenters. The minimum absolute atomic E-state index is 0.172. The van der Waals surface area contributed by atoms with Crippen molar-refractivity contribution in [3.8, 4) is 5.75 Å². The number of pyridine rings is 1. The Morgan fingerprint density at radius 1 is 1.35 bits per heavy atom. The Morgan fingerprint density at radius 2 is 2.13 bits per heavy atom. The molecule has 0 spiro atoms. The van der Waals surface area contributed by atoms with E-state index in [1.807, 2.05) is 6.07 Å². The van der Waals surface area contributed by atoms with E-state index in [9.17, 15) is 14.7 Å². The smallest absolute Gasteiger partial charge is 0.259 e. The van der Waals surface area contributed by atoms with Crippen LogP contribution in [0.15, 0.2) is 41.5 Å². The van der Waals surface area contributed by atoms with Gasteiger partial charge in [0.1, 0.15) is 11.3 Å². The summed E-state index contributed by atoms with van der Waals surface area (Å²) in [4.78, 5) is 29.6. The molecule has 1 fully saturated rings. The summed E-state index contributed by atoms with van der Waals surface area (Å²) in [5.74, 6) is 0.431. The van der Waals surface area contributed by atoms with Gasteiger partial charge in [-0.25, -0.2) is 0 Å². The van der Waals surface area contributed by atoms with Crippen LogP contribution in [0.5, 0.6) is 5.75 Å². The third-order valence-electron chi connectivity index (χ3n) is 4.11. The van der Waals surface area contributed by atoms with E-state index < -0.39 is 0 Å². The number of benzene rings is 1. The van der Waals surface area contributed by atoms with Crippen LogP contribution in [0, 0.1) is 12.8 Å². The first kappa shape index (κ1) is 15.3. The van der Waals surface area contributed by atoms with Crippen molar-refractivity contribution < 1.29 is 9.90 Å². The number of nitrogens with zero attached hydrogens (tertiary/aromatic N) is 1. The predicted molar refractivity (Wildman–Crippen MR) is 87.4 cm³/mol. The fourth-order valence-corrected chi connectivity index (χ4v) is 2.63. The summed E-state index contributed by atoms with van der Waals surface area (Å²) < 4.78 is 0. The van der Waals surface area contributed by atoms with Gasteiger partial charge in [0.2, 0.25) is 0 Å². The second kappa shape index (κ2) is 6.28. The molecule has 1 aromatic heterocycles. The van der Waals surface area contributed by atoms with Crippen LogP contribution >= 0.6 is 0 Å². The number of phenolic OH excluding ortho intramolecular Hbond substituents is 1. The quantitative estimate of drug-likeness (QED) is 0.890. The van der Waals surface area contributed by atoms with Gasteiger partial charge in [0, 0.05) is 31.0 Å². The maximum atomic E-state index is 12.8. The molecule has 1 aliphatic carbocycles. The third-order valence-corrected chi connectivity index (χ3v) is 4.11. The number of hydrogen-bond donors (Lipinski definition) is 2. The second-order valence-electron chi connectivity index (χ2n) is 6.18. The van der Waals surface area contributed by atoms with Gasteiger partial charge in [0.05, 0.1) is 0 Å². The van der Waals surface area contributed by atoms with E-state index in [0.29, 0.717) is 24.6 Å². The monoisotopic (exact) mass is 312 g/mol. The molecule has 0 aliphatic heterocycles. The topological polar surface area (TPSA) is 73.4 Å². The first-order valence-electron chi connectivity index (χ1n) is 7.79. The van der Waals surface area contributed by atoms with Crippen LogP contribution in [-0.2, 0) is 6.54 Å². The molecule has 5 heteroatoms. The van der Waals surface area contributed by atoms with E-state index in [4.69, 9.17) is 0 Å². The Bertz CT molecular complexity index is 778. The predicted octanol–water partition coefficient (Wildman–Crippen LogP) is 2.44. The summed E-state index contributed by atoms with van der Waals surface area (Å²) in [5, 5.41) is 9.60. The molecule has 1 aromatic carbocycles. The molecule has 1 saturated carbocycles. The average molecular weight is 312 g/mol. The SMILES string of the molecule is Cc1c[nH]cc(C(=O)N(Cc2cccc(O)c2)CC2CC2)c1=O. The molecule has 0 bridgehead atoms. The Balaban J connectivity index is 1.87. The molecule has 1 heterocycles. The number of phenols is 1. The number of aromatic hydroxyl groups is 1. The number of rotatable bonds is 5. The Hall–Kier alpha value is -2.56. The van der Waals surface area contributed by atoms with Crippen molar-refractivity contribution in [3.05, 3.63) is 63.6 Å². The van der Waals surface area contributed by atoms with E-state index in [1.165, 1.54) is 6.20 Å². The lowest BCUT2D eigenvalue weighted by molar-refractivity contribution is 0.0733. The van der Waals surface area contributed by atoms with Crippen molar-refractivity contribution in [1.82, 2.24) is 9.88 Å². The number of carbonyl (C=O) groups is 1. The normalized spacial score (nSPS) is 13.8. The molecular weight excluding hydrogens is 292 g/mol. The number of H-pyrrole nitrogens is 1. The Morgan fingerprint density at radius 3 is 2.83 bits per heavy atom. The zero-order chi connectivity index (χ0) is 16.4. The summed E-state index contributed by atoms with van der Waals surface area (Å²) in [6.07, 6.45) is 5.31. The fraction of sp³-hybridized carbons (Fsp3) is 0.333. The summed E-state index contributed by atoms with van der Waals surface area (Å²) in [6.45, 7) is 2.72. The molecule has 5 nitrogen and oxygen atoms in total. The highest BCUT2D eigenvalue weighted by Crippen LogP contribution is 2.30. The summed E-state index contributed by atoms with van der Waals surface area (Å²) in [6, 6.07) is 6.87. The maximum Gasteiger partial charge on any atom is 0.259 e. The Kier molecular flexibility index (Phi) is 4.19. The van der Waals surface area contributed by atoms with E-state index in [2.05, 4.69) is 4.98 Å². The lowest BCUT2D eigenvalue weighted by atomic mass is 10.1. The van der Waals surface area contributed by atoms with Crippen molar-refractivity contribution in [2.24, 2.45) is 5.92 Å². The third kappa shape index (κ3) is 3.62. The van der Waals surface area contributed by atoms with Crippen LogP contribution in [-0.4, -0.2) is 27.4 Å². The number of nitrogens with one attached hydrogen (secondary N) is 1. The molecule has 2 aromatic rings. The van der Waals surface area contributed by atoms with Crippen LogP contribution in [0.1, 0.15) is 34.3 Å². The van der Waals surface area contributed by atoms with Gasteiger partial charge in [-0.05, 0) is 43.4 Å². The Labute approximate surface area is 134 Å². The molecule has 23 heavy (non-hydrogen) atoms. The van der Waals surface area contributed by atoms with Crippen molar-refractivity contribution in [2.45, 2.75) is 26.3 Å². The van der Waals surface area contributed by atoms with Gasteiger partial charge in [-0.2, -0.15) is 0 Å². The van der Waals surface area contributed by atoms with Gasteiger partial charge in [-0.3, -0.25) is 9.59 Å². The zero-order valence-corrected chi connectivity index (χ0v) is 13.1. The highest BCUT2D eigenvalue weighted by atomic mass is 16.3. The van der Waals surface area contributed by atoms with Crippen molar-refractivity contribution in [3.63, 3.8) is 0 Å². The molecule has 0 saturated heterocycles. The van der Waals surface area contributed by atoms with E-state index in [0.717, 1.165) is 18.4 Å². The first-order valence-corrected chi connectivity index (χ1v) is 7.79. The van der Waals surface area contributed by atoms with E-state index in [1.54, 1.807) is 36.2 Å². The molecule has 0 radical (unpaired) electrons. The number of aryl methyl sites for hydroxylation is 1. The summed E-state index contributed by atoms with van der Waals surface area (Å²) in [7, 11) is 0. The number of hydrogen-bond acceptors (Lipinski definition) is 3. The fourth-order valence-electron chi connectivity index (χ4n) is 2.63. The number of aromatic amines is 1. The van der Waals surface area contributed by atoms with Crippen LogP contribution in [0.25, 0.3) is 0 Å². The highest BCUT2D eigenvalue weighted by Gasteiger charge is 2.28. The van der Waals surface area contributed by atoms with Crippen molar-refractivity contribution in [1.29, 1.82) is 0 Å². The molecule has 120 valence electrons. The molecule has 2 N–H and O–H groups in total. The summed E-state index contributed by atoms with van der Waals surface area (Å²) >= 11 is 0. The molecule has 1 amide bonds. The molecule has 1 aliphatic rings. The highest BCUT2D eigenvalue weighted by molar-refractivity contribution is 5.94. The summed E-state index contributed by atoms with van der Waals surface area (Å²) in [5.41, 5.74) is 1.32. The zero-order valence-electron chi connectivity index (χ0n) is 13.1. The van der Waals surface area contributed by atoms with Crippen LogP contribution in [0.3, 0.4) is 0 Å². The first-order chi connectivity index (χ1) is 11.0. The standard InChI is InChI=1S/C18H20N2O3/c1-12-8-19-9-16(17(12)22)18(23)20(10-13-5-6-13)11-14-3-2-4-15(21)7-14/h2-4,7-9,13,21H,5-6,10-11H2,1H3,(H,19,22). The van der Waals surface area contributed by atoms with Crippen LogP contribution in [0.2, 0.25) is 0 Å². The van der Waals surface area contributed by atoms with Gasteiger partial charge in [-0.15, -0.1) is 0 Å². The average Bonchev–Trinajstić information content (AvgIpc) is 3.33. The molecular formula is C18H20N2O3. The van der Waals surface area contributed by atoms with Crippen LogP contribution in [0.4, 0.5) is 0 Å². The second-order valence-corrected chi connectivity index (χ2v) is 6.18. The largest absolute Gasteiger partial charge is 0.508 e. The van der Waals surface area contributed by atoms with Crippen molar-refractivity contribution in [2.75, 3.05) is 6.54 Å². The van der Waals surface area contributed by atoms with Gasteiger partial charge in [0.15, 0.2) is 5.43 Å². The van der Waals surface area contributed by atoms with E-state index >= 15 is 0 Å². The van der Waals surface area contributed by atoms with Gasteiger partial charge < -0.3 is 15.0 Å². The lowest BCUT2D eigenvalue weighted by Crippen LogP contribution is -2.35. The van der Waals surface area contributed by atoms with E-state index in [-0.39, 0.29) is 22.6 Å². The molecule has 3 rings (SSSR count). The minimum atomic E-state index is -0.259. The van der Waals surface area contributed by atoms with Crippen molar-refractivity contribution >= 4 is 5.91 Å². The van der Waals surface area contributed by atoms with Gasteiger partial charge >= 0.3 is 0 Å².